The van der Waals surface area contributed by atoms with Crippen LogP contribution in [-0.4, -0.2) is 0 Å². The highest BCUT2D eigenvalue weighted by Gasteiger charge is 2.07. The molecule has 0 heterocycles. The van der Waals surface area contributed by atoms with Crippen molar-refractivity contribution in [3.05, 3.63) is 129 Å². The molecule has 198 valence electrons. The van der Waals surface area contributed by atoms with E-state index in [0.29, 0.717) is 0 Å². The van der Waals surface area contributed by atoms with Crippen molar-refractivity contribution in [1.29, 1.82) is 0 Å². The second-order valence-electron chi connectivity index (χ2n) is 10.7. The number of anilines is 2. The molecule has 0 saturated carbocycles. The SMILES string of the molecule is CCc1cc(CCCCCCc2ccc(Cc3ccc(N)cc3)c(CC)c2)ccc1Cc1ccc(N)cc1. The van der Waals surface area contributed by atoms with E-state index in [9.17, 15) is 0 Å². The summed E-state index contributed by atoms with van der Waals surface area (Å²) in [6, 6.07) is 30.8. The average molecular weight is 505 g/mol. The van der Waals surface area contributed by atoms with Crippen LogP contribution in [0.2, 0.25) is 0 Å². The summed E-state index contributed by atoms with van der Waals surface area (Å²) in [5.74, 6) is 0. The number of benzene rings is 4. The third-order valence-electron chi connectivity index (χ3n) is 7.73. The van der Waals surface area contributed by atoms with Crippen molar-refractivity contribution in [1.82, 2.24) is 0 Å². The Bertz CT molecular complexity index is 1180. The summed E-state index contributed by atoms with van der Waals surface area (Å²) in [6.45, 7) is 4.53. The molecule has 2 heteroatoms. The molecule has 4 aromatic rings. The highest BCUT2D eigenvalue weighted by molar-refractivity contribution is 5.43. The maximum Gasteiger partial charge on any atom is 0.0314 e. The van der Waals surface area contributed by atoms with Gasteiger partial charge < -0.3 is 11.5 Å². The highest BCUT2D eigenvalue weighted by Crippen LogP contribution is 2.21. The molecule has 0 atom stereocenters. The van der Waals surface area contributed by atoms with Crippen molar-refractivity contribution in [3.8, 4) is 0 Å². The molecule has 0 aromatic heterocycles. The van der Waals surface area contributed by atoms with Gasteiger partial charge in [0, 0.05) is 11.4 Å². The summed E-state index contributed by atoms with van der Waals surface area (Å²) in [5, 5.41) is 0. The van der Waals surface area contributed by atoms with Crippen LogP contribution in [0.25, 0.3) is 0 Å². The van der Waals surface area contributed by atoms with E-state index in [2.05, 4.69) is 74.5 Å². The number of hydrogen-bond donors (Lipinski definition) is 2. The second kappa shape index (κ2) is 13.9. The van der Waals surface area contributed by atoms with Crippen molar-refractivity contribution in [3.63, 3.8) is 0 Å². The van der Waals surface area contributed by atoms with Crippen LogP contribution in [0, 0.1) is 0 Å². The maximum atomic E-state index is 5.84. The van der Waals surface area contributed by atoms with E-state index in [1.165, 1.54) is 83.0 Å². The monoisotopic (exact) mass is 504 g/mol. The summed E-state index contributed by atoms with van der Waals surface area (Å²) in [5.41, 5.74) is 24.8. The van der Waals surface area contributed by atoms with E-state index in [1.807, 2.05) is 24.3 Å². The lowest BCUT2D eigenvalue weighted by molar-refractivity contribution is 0.640. The van der Waals surface area contributed by atoms with E-state index >= 15 is 0 Å². The number of unbranched alkanes of at least 4 members (excludes halogenated alkanes) is 3. The lowest BCUT2D eigenvalue weighted by atomic mass is 9.94. The van der Waals surface area contributed by atoms with E-state index in [-0.39, 0.29) is 0 Å². The zero-order chi connectivity index (χ0) is 26.7. The van der Waals surface area contributed by atoms with E-state index in [4.69, 9.17) is 11.5 Å². The smallest absolute Gasteiger partial charge is 0.0314 e. The van der Waals surface area contributed by atoms with Crippen molar-refractivity contribution < 1.29 is 0 Å². The van der Waals surface area contributed by atoms with Crippen LogP contribution in [0.3, 0.4) is 0 Å². The van der Waals surface area contributed by atoms with Crippen LogP contribution in [0.4, 0.5) is 11.4 Å². The molecular formula is C36H44N2. The molecule has 0 spiro atoms. The molecule has 0 bridgehead atoms. The standard InChI is InChI=1S/C36H44N2/c1-3-31-23-27(11-17-33(31)25-29-13-19-35(37)20-14-29)9-7-5-6-8-10-28-12-18-34(32(4-2)24-28)26-30-15-21-36(38)22-16-30/h11-24H,3-10,25-26,37-38H2,1-2H3. The number of nitrogens with two attached hydrogens (primary N) is 2. The van der Waals surface area contributed by atoms with Gasteiger partial charge in [-0.3, -0.25) is 0 Å². The fraction of sp³-hybridized carbons (Fsp3) is 0.333. The largest absolute Gasteiger partial charge is 0.399 e. The third kappa shape index (κ3) is 7.99. The number of nitrogen functional groups attached to an aromatic ring is 2. The highest BCUT2D eigenvalue weighted by atomic mass is 14.5. The number of rotatable bonds is 13. The van der Waals surface area contributed by atoms with Crippen molar-refractivity contribution in [2.24, 2.45) is 0 Å². The Kier molecular flexibility index (Phi) is 10.0. The molecule has 2 nitrogen and oxygen atoms in total. The summed E-state index contributed by atoms with van der Waals surface area (Å²) < 4.78 is 0. The zero-order valence-electron chi connectivity index (χ0n) is 23.3. The maximum absolute atomic E-state index is 5.84. The lowest BCUT2D eigenvalue weighted by Crippen LogP contribution is -1.98. The molecule has 4 aromatic carbocycles. The third-order valence-corrected chi connectivity index (χ3v) is 7.73. The van der Waals surface area contributed by atoms with Crippen molar-refractivity contribution in [2.45, 2.75) is 78.1 Å². The van der Waals surface area contributed by atoms with Gasteiger partial charge >= 0.3 is 0 Å². The fourth-order valence-corrected chi connectivity index (χ4v) is 5.40. The summed E-state index contributed by atoms with van der Waals surface area (Å²) >= 11 is 0. The molecule has 0 amide bonds. The Labute approximate surface area is 230 Å². The normalized spacial score (nSPS) is 11.1. The molecular weight excluding hydrogens is 460 g/mol. The van der Waals surface area contributed by atoms with Crippen LogP contribution >= 0.6 is 0 Å². The lowest BCUT2D eigenvalue weighted by Gasteiger charge is -2.12. The molecule has 0 aliphatic heterocycles. The van der Waals surface area contributed by atoms with Gasteiger partial charge in [0.05, 0.1) is 0 Å². The van der Waals surface area contributed by atoms with Gasteiger partial charge in [0.15, 0.2) is 0 Å². The molecule has 0 aliphatic carbocycles. The molecule has 0 unspecified atom stereocenters. The molecule has 4 N–H and O–H groups in total. The Morgan fingerprint density at radius 2 is 0.789 bits per heavy atom. The van der Waals surface area contributed by atoms with Gasteiger partial charge in [-0.1, -0.05) is 87.4 Å². The zero-order valence-corrected chi connectivity index (χ0v) is 23.3. The van der Waals surface area contributed by atoms with Crippen LogP contribution in [0.1, 0.15) is 84.0 Å². The van der Waals surface area contributed by atoms with Gasteiger partial charge in [-0.05, 0) is 120 Å². The van der Waals surface area contributed by atoms with E-state index < -0.39 is 0 Å². The molecule has 0 saturated heterocycles. The minimum absolute atomic E-state index is 0.828. The predicted octanol–water partition coefficient (Wildman–Crippen LogP) is 8.50. The first-order chi connectivity index (χ1) is 18.5. The Hall–Kier alpha value is -3.52. The molecule has 0 aliphatic rings. The van der Waals surface area contributed by atoms with E-state index in [1.54, 1.807) is 0 Å². The van der Waals surface area contributed by atoms with Crippen molar-refractivity contribution >= 4 is 11.4 Å². The topological polar surface area (TPSA) is 52.0 Å². The predicted molar refractivity (Wildman–Crippen MR) is 165 cm³/mol. The Balaban J connectivity index is 1.21. The van der Waals surface area contributed by atoms with Crippen LogP contribution < -0.4 is 11.5 Å². The molecule has 4 rings (SSSR count). The van der Waals surface area contributed by atoms with Crippen LogP contribution in [-0.2, 0) is 38.5 Å². The van der Waals surface area contributed by atoms with Gasteiger partial charge in [-0.15, -0.1) is 0 Å². The first kappa shape index (κ1) is 27.5. The van der Waals surface area contributed by atoms with Gasteiger partial charge in [0.1, 0.15) is 0 Å². The summed E-state index contributed by atoms with van der Waals surface area (Å²) in [4.78, 5) is 0. The Morgan fingerprint density at radius 3 is 1.16 bits per heavy atom. The molecule has 0 fully saturated rings. The molecule has 38 heavy (non-hydrogen) atoms. The van der Waals surface area contributed by atoms with Crippen LogP contribution in [0.15, 0.2) is 84.9 Å². The second-order valence-corrected chi connectivity index (χ2v) is 10.7. The van der Waals surface area contributed by atoms with Gasteiger partial charge in [0.25, 0.3) is 0 Å². The number of aryl methyl sites for hydroxylation is 4. The molecule has 0 radical (unpaired) electrons. The van der Waals surface area contributed by atoms with Crippen molar-refractivity contribution in [2.75, 3.05) is 11.5 Å². The first-order valence-electron chi connectivity index (χ1n) is 14.4. The fourth-order valence-electron chi connectivity index (χ4n) is 5.40. The summed E-state index contributed by atoms with van der Waals surface area (Å²) in [7, 11) is 0. The first-order valence-corrected chi connectivity index (χ1v) is 14.4. The van der Waals surface area contributed by atoms with E-state index in [0.717, 1.165) is 37.1 Å². The van der Waals surface area contributed by atoms with Gasteiger partial charge in [-0.25, -0.2) is 0 Å². The quantitative estimate of drug-likeness (QED) is 0.142. The Morgan fingerprint density at radius 1 is 0.421 bits per heavy atom. The minimum atomic E-state index is 0.828. The minimum Gasteiger partial charge on any atom is -0.399 e. The summed E-state index contributed by atoms with van der Waals surface area (Å²) in [6.07, 6.45) is 11.6. The number of hydrogen-bond acceptors (Lipinski definition) is 2. The van der Waals surface area contributed by atoms with Crippen LogP contribution in [0.5, 0.6) is 0 Å². The average Bonchev–Trinajstić information content (AvgIpc) is 2.94. The van der Waals surface area contributed by atoms with Gasteiger partial charge in [0.2, 0.25) is 0 Å². The van der Waals surface area contributed by atoms with Gasteiger partial charge in [-0.2, -0.15) is 0 Å².